The molecule has 0 radical (unpaired) electrons. The second-order valence-electron chi connectivity index (χ2n) is 3.96. The SMILES string of the molecule is CCNC(=O)NC(=O)C(C)Nc1c(F)cc(F)cc1Br. The lowest BCUT2D eigenvalue weighted by atomic mass is 10.2. The van der Waals surface area contributed by atoms with Gasteiger partial charge in [0.1, 0.15) is 17.7 Å². The van der Waals surface area contributed by atoms with E-state index in [0.717, 1.165) is 6.07 Å². The van der Waals surface area contributed by atoms with Crippen LogP contribution in [0.25, 0.3) is 0 Å². The van der Waals surface area contributed by atoms with Gasteiger partial charge in [0.05, 0.1) is 5.69 Å². The third-order valence-corrected chi connectivity index (χ3v) is 2.96. The summed E-state index contributed by atoms with van der Waals surface area (Å²) in [5.74, 6) is -2.21. The predicted octanol–water partition coefficient (Wildman–Crippen LogP) is 2.37. The van der Waals surface area contributed by atoms with E-state index in [1.54, 1.807) is 6.92 Å². The summed E-state index contributed by atoms with van der Waals surface area (Å²) in [6.45, 7) is 3.53. The maximum absolute atomic E-state index is 13.6. The molecule has 5 nitrogen and oxygen atoms in total. The summed E-state index contributed by atoms with van der Waals surface area (Å²) in [4.78, 5) is 22.9. The smallest absolute Gasteiger partial charge is 0.321 e. The number of imide groups is 1. The second kappa shape index (κ2) is 7.18. The van der Waals surface area contributed by atoms with E-state index in [-0.39, 0.29) is 10.2 Å². The molecule has 0 aliphatic heterocycles. The van der Waals surface area contributed by atoms with Crippen molar-refractivity contribution < 1.29 is 18.4 Å². The summed E-state index contributed by atoms with van der Waals surface area (Å²) < 4.78 is 26.7. The zero-order valence-electron chi connectivity index (χ0n) is 10.9. The highest BCUT2D eigenvalue weighted by atomic mass is 79.9. The first kappa shape index (κ1) is 16.4. The van der Waals surface area contributed by atoms with Crippen LogP contribution in [0.15, 0.2) is 16.6 Å². The Kier molecular flexibility index (Phi) is 5.87. The number of nitrogens with one attached hydrogen (secondary N) is 3. The van der Waals surface area contributed by atoms with E-state index in [2.05, 4.69) is 31.9 Å². The molecular weight excluding hydrogens is 336 g/mol. The monoisotopic (exact) mass is 349 g/mol. The summed E-state index contributed by atoms with van der Waals surface area (Å²) >= 11 is 3.00. The molecule has 1 atom stereocenters. The number of carbonyl (C=O) groups is 2. The Morgan fingerprint density at radius 3 is 2.55 bits per heavy atom. The summed E-state index contributed by atoms with van der Waals surface area (Å²) in [7, 11) is 0. The molecule has 0 aliphatic rings. The van der Waals surface area contributed by atoms with Gasteiger partial charge in [0.15, 0.2) is 0 Å². The first-order chi connectivity index (χ1) is 9.35. The van der Waals surface area contributed by atoms with E-state index in [4.69, 9.17) is 0 Å². The van der Waals surface area contributed by atoms with Crippen molar-refractivity contribution in [2.45, 2.75) is 19.9 Å². The number of rotatable bonds is 4. The molecule has 8 heteroatoms. The molecule has 110 valence electrons. The fraction of sp³-hybridized carbons (Fsp3) is 0.333. The molecule has 1 unspecified atom stereocenters. The van der Waals surface area contributed by atoms with Gasteiger partial charge in [-0.05, 0) is 35.8 Å². The van der Waals surface area contributed by atoms with Crippen molar-refractivity contribution in [3.05, 3.63) is 28.2 Å². The normalized spacial score (nSPS) is 11.7. The standard InChI is InChI=1S/C12H14BrF2N3O2/c1-3-16-12(20)18-11(19)6(2)17-10-8(13)4-7(14)5-9(10)15/h4-6,17H,3H2,1-2H3,(H2,16,18,19,20). The lowest BCUT2D eigenvalue weighted by molar-refractivity contribution is -0.120. The number of benzene rings is 1. The molecule has 0 fully saturated rings. The van der Waals surface area contributed by atoms with Gasteiger partial charge in [-0.1, -0.05) is 0 Å². The van der Waals surface area contributed by atoms with Crippen molar-refractivity contribution in [1.82, 2.24) is 10.6 Å². The van der Waals surface area contributed by atoms with E-state index >= 15 is 0 Å². The zero-order valence-corrected chi connectivity index (χ0v) is 12.5. The Morgan fingerprint density at radius 2 is 2.00 bits per heavy atom. The zero-order chi connectivity index (χ0) is 15.3. The van der Waals surface area contributed by atoms with Gasteiger partial charge in [0, 0.05) is 17.1 Å². The number of carbonyl (C=O) groups excluding carboxylic acids is 2. The van der Waals surface area contributed by atoms with Crippen LogP contribution in [0, 0.1) is 11.6 Å². The summed E-state index contributed by atoms with van der Waals surface area (Å²) in [6.07, 6.45) is 0. The Bertz CT molecular complexity index is 502. The molecule has 1 rings (SSSR count). The number of hydrogen-bond donors (Lipinski definition) is 3. The van der Waals surface area contributed by atoms with Crippen LogP contribution in [-0.4, -0.2) is 24.5 Å². The van der Waals surface area contributed by atoms with Gasteiger partial charge in [-0.2, -0.15) is 0 Å². The van der Waals surface area contributed by atoms with Crippen molar-refractivity contribution in [3.8, 4) is 0 Å². The lowest BCUT2D eigenvalue weighted by Gasteiger charge is -2.16. The quantitative estimate of drug-likeness (QED) is 0.781. The minimum Gasteiger partial charge on any atom is -0.371 e. The Morgan fingerprint density at radius 1 is 1.35 bits per heavy atom. The fourth-order valence-electron chi connectivity index (χ4n) is 1.39. The van der Waals surface area contributed by atoms with E-state index in [9.17, 15) is 18.4 Å². The molecule has 0 saturated heterocycles. The molecule has 0 spiro atoms. The van der Waals surface area contributed by atoms with Crippen LogP contribution in [0.5, 0.6) is 0 Å². The van der Waals surface area contributed by atoms with Crippen LogP contribution < -0.4 is 16.0 Å². The van der Waals surface area contributed by atoms with Crippen molar-refractivity contribution in [2.75, 3.05) is 11.9 Å². The number of anilines is 1. The van der Waals surface area contributed by atoms with Gasteiger partial charge < -0.3 is 10.6 Å². The molecule has 0 bridgehead atoms. The molecule has 0 heterocycles. The minimum absolute atomic E-state index is 0.0510. The van der Waals surface area contributed by atoms with Gasteiger partial charge in [-0.3, -0.25) is 10.1 Å². The third kappa shape index (κ3) is 4.44. The number of urea groups is 1. The van der Waals surface area contributed by atoms with Crippen molar-refractivity contribution in [3.63, 3.8) is 0 Å². The molecule has 0 saturated carbocycles. The molecule has 1 aromatic rings. The van der Waals surface area contributed by atoms with Gasteiger partial charge >= 0.3 is 6.03 Å². The highest BCUT2D eigenvalue weighted by Crippen LogP contribution is 2.27. The van der Waals surface area contributed by atoms with Crippen LogP contribution in [0.3, 0.4) is 0 Å². The van der Waals surface area contributed by atoms with Gasteiger partial charge in [0.2, 0.25) is 5.91 Å². The van der Waals surface area contributed by atoms with E-state index in [1.165, 1.54) is 6.92 Å². The Balaban J connectivity index is 2.73. The summed E-state index contributed by atoms with van der Waals surface area (Å²) in [6, 6.07) is 0.250. The van der Waals surface area contributed by atoms with Gasteiger partial charge in [-0.15, -0.1) is 0 Å². The molecule has 20 heavy (non-hydrogen) atoms. The Hall–Kier alpha value is -1.70. The molecule has 0 aromatic heterocycles. The fourth-order valence-corrected chi connectivity index (χ4v) is 1.91. The third-order valence-electron chi connectivity index (χ3n) is 2.34. The largest absolute Gasteiger partial charge is 0.371 e. The molecule has 3 N–H and O–H groups in total. The second-order valence-corrected chi connectivity index (χ2v) is 4.81. The summed E-state index contributed by atoms with van der Waals surface area (Å²) in [5.41, 5.74) is -0.0510. The van der Waals surface area contributed by atoms with E-state index in [0.29, 0.717) is 12.6 Å². The first-order valence-electron chi connectivity index (χ1n) is 5.85. The minimum atomic E-state index is -0.881. The van der Waals surface area contributed by atoms with Crippen molar-refractivity contribution in [2.24, 2.45) is 0 Å². The average Bonchev–Trinajstić information content (AvgIpc) is 2.33. The van der Waals surface area contributed by atoms with Crippen molar-refractivity contribution >= 4 is 33.6 Å². The highest BCUT2D eigenvalue weighted by molar-refractivity contribution is 9.10. The molecule has 0 aliphatic carbocycles. The Labute approximate surface area is 123 Å². The van der Waals surface area contributed by atoms with E-state index < -0.39 is 29.6 Å². The van der Waals surface area contributed by atoms with Crippen LogP contribution >= 0.6 is 15.9 Å². The van der Waals surface area contributed by atoms with Gasteiger partial charge in [-0.25, -0.2) is 13.6 Å². The van der Waals surface area contributed by atoms with Crippen LogP contribution in [0.1, 0.15) is 13.8 Å². The topological polar surface area (TPSA) is 70.2 Å². The number of hydrogen-bond acceptors (Lipinski definition) is 3. The maximum Gasteiger partial charge on any atom is 0.321 e. The van der Waals surface area contributed by atoms with E-state index in [1.807, 2.05) is 0 Å². The molecule has 3 amide bonds. The van der Waals surface area contributed by atoms with Crippen LogP contribution in [0.2, 0.25) is 0 Å². The average molecular weight is 350 g/mol. The molecular formula is C12H14BrF2N3O2. The lowest BCUT2D eigenvalue weighted by Crippen LogP contribution is -2.45. The van der Waals surface area contributed by atoms with Gasteiger partial charge in [0.25, 0.3) is 0 Å². The number of halogens is 3. The maximum atomic E-state index is 13.6. The summed E-state index contributed by atoms with van der Waals surface area (Å²) in [5, 5.41) is 7.05. The first-order valence-corrected chi connectivity index (χ1v) is 6.64. The highest BCUT2D eigenvalue weighted by Gasteiger charge is 2.18. The molecule has 1 aromatic carbocycles. The van der Waals surface area contributed by atoms with Crippen LogP contribution in [0.4, 0.5) is 19.3 Å². The number of amides is 3. The van der Waals surface area contributed by atoms with Crippen molar-refractivity contribution in [1.29, 1.82) is 0 Å². The van der Waals surface area contributed by atoms with Crippen LogP contribution in [-0.2, 0) is 4.79 Å². The predicted molar refractivity (Wildman–Crippen MR) is 74.4 cm³/mol.